The third kappa shape index (κ3) is 3.60. The molecule has 132 valence electrons. The second kappa shape index (κ2) is 7.25. The standard InChI is InChI=1S/C24H24O2/c1-17-5-3-7-23(13-17)26-24-8-4-6-19(15-24)20-10-9-18-11-12-22(25-2)16-21(18)14-20/h3-8,11-13,15-16,20H,9-10,14H2,1-2H3. The molecule has 1 unspecified atom stereocenters. The van der Waals surface area contributed by atoms with Crippen LogP contribution in [0.5, 0.6) is 17.2 Å². The molecule has 1 aliphatic carbocycles. The third-order valence-corrected chi connectivity index (χ3v) is 5.20. The van der Waals surface area contributed by atoms with Crippen LogP contribution in [0.3, 0.4) is 0 Å². The van der Waals surface area contributed by atoms with Gasteiger partial charge in [-0.15, -0.1) is 0 Å². The zero-order chi connectivity index (χ0) is 17.9. The fourth-order valence-electron chi connectivity index (χ4n) is 3.79. The Balaban J connectivity index is 1.55. The summed E-state index contributed by atoms with van der Waals surface area (Å²) < 4.78 is 11.5. The van der Waals surface area contributed by atoms with Crippen LogP contribution in [-0.2, 0) is 12.8 Å². The molecule has 3 aromatic rings. The van der Waals surface area contributed by atoms with E-state index in [0.717, 1.165) is 30.1 Å². The molecule has 4 rings (SSSR count). The third-order valence-electron chi connectivity index (χ3n) is 5.20. The van der Waals surface area contributed by atoms with Crippen molar-refractivity contribution >= 4 is 0 Å². The molecule has 0 saturated carbocycles. The molecule has 0 saturated heterocycles. The van der Waals surface area contributed by atoms with Crippen LogP contribution in [0.4, 0.5) is 0 Å². The minimum Gasteiger partial charge on any atom is -0.497 e. The SMILES string of the molecule is COc1ccc2c(c1)CC(c1cccc(Oc3cccc(C)c3)c1)CC2. The van der Waals surface area contributed by atoms with Crippen molar-refractivity contribution in [3.63, 3.8) is 0 Å². The molecule has 0 radical (unpaired) electrons. The Kier molecular flexibility index (Phi) is 4.66. The molecule has 0 aromatic heterocycles. The van der Waals surface area contributed by atoms with Gasteiger partial charge in [0.25, 0.3) is 0 Å². The van der Waals surface area contributed by atoms with E-state index in [9.17, 15) is 0 Å². The van der Waals surface area contributed by atoms with Crippen molar-refractivity contribution in [2.45, 2.75) is 32.1 Å². The summed E-state index contributed by atoms with van der Waals surface area (Å²) in [7, 11) is 1.73. The van der Waals surface area contributed by atoms with Gasteiger partial charge in [0.1, 0.15) is 17.2 Å². The van der Waals surface area contributed by atoms with Crippen molar-refractivity contribution in [2.24, 2.45) is 0 Å². The predicted molar refractivity (Wildman–Crippen MR) is 105 cm³/mol. The van der Waals surface area contributed by atoms with E-state index < -0.39 is 0 Å². The molecule has 1 aliphatic rings. The van der Waals surface area contributed by atoms with E-state index in [4.69, 9.17) is 9.47 Å². The van der Waals surface area contributed by atoms with Crippen LogP contribution in [0.1, 0.15) is 34.6 Å². The van der Waals surface area contributed by atoms with E-state index in [1.807, 2.05) is 18.2 Å². The van der Waals surface area contributed by atoms with E-state index in [-0.39, 0.29) is 0 Å². The van der Waals surface area contributed by atoms with E-state index in [1.165, 1.54) is 28.7 Å². The molecule has 0 bridgehead atoms. The summed E-state index contributed by atoms with van der Waals surface area (Å²) in [5.74, 6) is 3.27. The summed E-state index contributed by atoms with van der Waals surface area (Å²) in [6.07, 6.45) is 3.35. The van der Waals surface area contributed by atoms with Gasteiger partial charge in [-0.25, -0.2) is 0 Å². The van der Waals surface area contributed by atoms with Crippen LogP contribution in [0.25, 0.3) is 0 Å². The zero-order valence-corrected chi connectivity index (χ0v) is 15.4. The van der Waals surface area contributed by atoms with Crippen LogP contribution < -0.4 is 9.47 Å². The van der Waals surface area contributed by atoms with Crippen LogP contribution in [0.15, 0.2) is 66.7 Å². The lowest BCUT2D eigenvalue weighted by Crippen LogP contribution is -2.13. The maximum atomic E-state index is 6.08. The predicted octanol–water partition coefficient (Wildman–Crippen LogP) is 6.07. The summed E-state index contributed by atoms with van der Waals surface area (Å²) in [5, 5.41) is 0. The van der Waals surface area contributed by atoms with E-state index >= 15 is 0 Å². The average Bonchev–Trinajstić information content (AvgIpc) is 2.67. The van der Waals surface area contributed by atoms with Gasteiger partial charge in [0.2, 0.25) is 0 Å². The number of hydrogen-bond acceptors (Lipinski definition) is 2. The lowest BCUT2D eigenvalue weighted by atomic mass is 9.80. The highest BCUT2D eigenvalue weighted by atomic mass is 16.5. The summed E-state index contributed by atoms with van der Waals surface area (Å²) in [6.45, 7) is 2.08. The normalized spacial score (nSPS) is 16.0. The minimum absolute atomic E-state index is 0.524. The Morgan fingerprint density at radius 2 is 1.62 bits per heavy atom. The Morgan fingerprint density at radius 1 is 0.808 bits per heavy atom. The van der Waals surface area contributed by atoms with Gasteiger partial charge in [-0.05, 0) is 90.8 Å². The Labute approximate surface area is 155 Å². The van der Waals surface area contributed by atoms with Crippen LogP contribution >= 0.6 is 0 Å². The fourth-order valence-corrected chi connectivity index (χ4v) is 3.79. The number of rotatable bonds is 4. The zero-order valence-electron chi connectivity index (χ0n) is 15.4. The molecular weight excluding hydrogens is 320 g/mol. The molecule has 0 amide bonds. The summed E-state index contributed by atoms with van der Waals surface area (Å²) in [5.41, 5.74) is 5.42. The van der Waals surface area contributed by atoms with Crippen molar-refractivity contribution in [3.8, 4) is 17.2 Å². The van der Waals surface area contributed by atoms with Crippen LogP contribution in [0, 0.1) is 6.92 Å². The number of methoxy groups -OCH3 is 1. The van der Waals surface area contributed by atoms with Gasteiger partial charge in [0.15, 0.2) is 0 Å². The second-order valence-electron chi connectivity index (χ2n) is 7.07. The van der Waals surface area contributed by atoms with E-state index in [2.05, 4.69) is 55.5 Å². The monoisotopic (exact) mass is 344 g/mol. The van der Waals surface area contributed by atoms with Gasteiger partial charge in [-0.2, -0.15) is 0 Å². The van der Waals surface area contributed by atoms with E-state index in [1.54, 1.807) is 7.11 Å². The number of hydrogen-bond donors (Lipinski definition) is 0. The summed E-state index contributed by atoms with van der Waals surface area (Å²) in [4.78, 5) is 0. The van der Waals surface area contributed by atoms with Crippen LogP contribution in [0.2, 0.25) is 0 Å². The first-order chi connectivity index (χ1) is 12.7. The van der Waals surface area contributed by atoms with Crippen LogP contribution in [-0.4, -0.2) is 7.11 Å². The smallest absolute Gasteiger partial charge is 0.127 e. The van der Waals surface area contributed by atoms with Gasteiger partial charge in [0.05, 0.1) is 7.11 Å². The molecular formula is C24H24O2. The Hall–Kier alpha value is -2.74. The Bertz CT molecular complexity index is 914. The highest BCUT2D eigenvalue weighted by Crippen LogP contribution is 2.36. The maximum absolute atomic E-state index is 6.08. The van der Waals surface area contributed by atoms with Gasteiger partial charge < -0.3 is 9.47 Å². The second-order valence-corrected chi connectivity index (χ2v) is 7.07. The van der Waals surface area contributed by atoms with E-state index in [0.29, 0.717) is 5.92 Å². The number of aryl methyl sites for hydroxylation is 2. The molecule has 2 heteroatoms. The lowest BCUT2D eigenvalue weighted by molar-refractivity contribution is 0.413. The number of benzene rings is 3. The largest absolute Gasteiger partial charge is 0.497 e. The lowest BCUT2D eigenvalue weighted by Gasteiger charge is -2.25. The number of ether oxygens (including phenoxy) is 2. The first-order valence-electron chi connectivity index (χ1n) is 9.21. The van der Waals surface area contributed by atoms with Gasteiger partial charge in [-0.1, -0.05) is 30.3 Å². The minimum atomic E-state index is 0.524. The summed E-state index contributed by atoms with van der Waals surface area (Å²) in [6, 6.07) is 23.2. The number of fused-ring (bicyclic) bond motifs is 1. The Morgan fingerprint density at radius 3 is 2.42 bits per heavy atom. The first kappa shape index (κ1) is 16.7. The van der Waals surface area contributed by atoms with Crippen molar-refractivity contribution in [1.82, 2.24) is 0 Å². The first-order valence-corrected chi connectivity index (χ1v) is 9.21. The average molecular weight is 344 g/mol. The van der Waals surface area contributed by atoms with Crippen molar-refractivity contribution < 1.29 is 9.47 Å². The van der Waals surface area contributed by atoms with Crippen molar-refractivity contribution in [1.29, 1.82) is 0 Å². The quantitative estimate of drug-likeness (QED) is 0.572. The fraction of sp³-hybridized carbons (Fsp3) is 0.250. The highest BCUT2D eigenvalue weighted by Gasteiger charge is 2.21. The molecule has 0 heterocycles. The van der Waals surface area contributed by atoms with Gasteiger partial charge in [-0.3, -0.25) is 0 Å². The summed E-state index contributed by atoms with van der Waals surface area (Å²) >= 11 is 0. The molecule has 0 N–H and O–H groups in total. The highest BCUT2D eigenvalue weighted by molar-refractivity contribution is 5.41. The molecule has 0 spiro atoms. The molecule has 2 nitrogen and oxygen atoms in total. The molecule has 0 aliphatic heterocycles. The molecule has 26 heavy (non-hydrogen) atoms. The molecule has 0 fully saturated rings. The van der Waals surface area contributed by atoms with Crippen molar-refractivity contribution in [2.75, 3.05) is 7.11 Å². The van der Waals surface area contributed by atoms with Gasteiger partial charge in [0, 0.05) is 0 Å². The molecule has 1 atom stereocenters. The maximum Gasteiger partial charge on any atom is 0.127 e. The molecule has 3 aromatic carbocycles. The van der Waals surface area contributed by atoms with Gasteiger partial charge >= 0.3 is 0 Å². The topological polar surface area (TPSA) is 18.5 Å². The van der Waals surface area contributed by atoms with Crippen molar-refractivity contribution in [3.05, 3.63) is 89.0 Å².